The van der Waals surface area contributed by atoms with Crippen molar-refractivity contribution in [3.8, 4) is 11.5 Å². The number of anilines is 1. The molecule has 0 aliphatic carbocycles. The molecule has 2 heterocycles. The Hall–Kier alpha value is -2.84. The van der Waals surface area contributed by atoms with Gasteiger partial charge in [0, 0.05) is 12.1 Å². The number of benzene rings is 1. The smallest absolute Gasteiger partial charge is 0.395 e. The molecule has 25 heavy (non-hydrogen) atoms. The first kappa shape index (κ1) is 17.0. The molecule has 0 bridgehead atoms. The fourth-order valence-corrected chi connectivity index (χ4v) is 2.62. The van der Waals surface area contributed by atoms with Gasteiger partial charge < -0.3 is 14.8 Å². The quantitative estimate of drug-likeness (QED) is 0.883. The van der Waals surface area contributed by atoms with Gasteiger partial charge in [0.2, 0.25) is 0 Å². The molecule has 0 radical (unpaired) electrons. The van der Waals surface area contributed by atoms with Gasteiger partial charge in [0.25, 0.3) is 5.56 Å². The van der Waals surface area contributed by atoms with Crippen LogP contribution in [-0.2, 0) is 0 Å². The van der Waals surface area contributed by atoms with Gasteiger partial charge in [-0.25, -0.2) is 4.79 Å². The standard InChI is InChI=1S/C16H17F2N3O4/c1-8(2)21-14(22)7-13(20-15(21)23)19-9(3)10-4-5-11-12(6-10)25-16(17,18)24-11/h4-9,19H,1-3H3,(H,20,23)/t9-/m0/s1. The van der Waals surface area contributed by atoms with Gasteiger partial charge >= 0.3 is 12.0 Å². The Morgan fingerprint density at radius 3 is 2.44 bits per heavy atom. The maximum Gasteiger partial charge on any atom is 0.586 e. The molecule has 1 aromatic carbocycles. The Balaban J connectivity index is 1.83. The number of nitrogens with one attached hydrogen (secondary N) is 2. The number of hydrogen-bond acceptors (Lipinski definition) is 5. The third-order valence-corrected chi connectivity index (χ3v) is 3.78. The van der Waals surface area contributed by atoms with Crippen LogP contribution in [0.2, 0.25) is 0 Å². The van der Waals surface area contributed by atoms with Crippen molar-refractivity contribution in [3.63, 3.8) is 0 Å². The summed E-state index contributed by atoms with van der Waals surface area (Å²) in [5.74, 6) is 0.121. The van der Waals surface area contributed by atoms with Crippen LogP contribution in [0.1, 0.15) is 38.4 Å². The van der Waals surface area contributed by atoms with Crippen molar-refractivity contribution >= 4 is 5.82 Å². The van der Waals surface area contributed by atoms with Crippen LogP contribution in [0, 0.1) is 0 Å². The molecule has 0 spiro atoms. The Morgan fingerprint density at radius 1 is 1.12 bits per heavy atom. The lowest BCUT2D eigenvalue weighted by atomic mass is 10.1. The number of fused-ring (bicyclic) bond motifs is 1. The number of aromatic amines is 1. The number of rotatable bonds is 4. The van der Waals surface area contributed by atoms with Gasteiger partial charge in [-0.3, -0.25) is 14.3 Å². The van der Waals surface area contributed by atoms with Crippen molar-refractivity contribution in [2.75, 3.05) is 5.32 Å². The van der Waals surface area contributed by atoms with Crippen molar-refractivity contribution in [2.45, 2.75) is 39.1 Å². The van der Waals surface area contributed by atoms with Crippen LogP contribution in [0.5, 0.6) is 11.5 Å². The summed E-state index contributed by atoms with van der Waals surface area (Å²) < 4.78 is 36.0. The molecule has 7 nitrogen and oxygen atoms in total. The molecule has 0 fully saturated rings. The fraction of sp³-hybridized carbons (Fsp3) is 0.375. The average molecular weight is 353 g/mol. The van der Waals surface area contributed by atoms with E-state index in [9.17, 15) is 18.4 Å². The lowest BCUT2D eigenvalue weighted by Crippen LogP contribution is -2.36. The Bertz CT molecular complexity index is 889. The molecule has 1 aliphatic rings. The molecule has 134 valence electrons. The van der Waals surface area contributed by atoms with Gasteiger partial charge in [-0.05, 0) is 38.5 Å². The molecule has 0 saturated carbocycles. The molecule has 9 heteroatoms. The fourth-order valence-electron chi connectivity index (χ4n) is 2.62. The summed E-state index contributed by atoms with van der Waals surface area (Å²) in [6.45, 7) is 5.21. The highest BCUT2D eigenvalue weighted by atomic mass is 19.3. The second kappa shape index (κ2) is 5.91. The zero-order chi connectivity index (χ0) is 18.4. The topological polar surface area (TPSA) is 85.3 Å². The van der Waals surface area contributed by atoms with E-state index in [-0.39, 0.29) is 29.4 Å². The minimum Gasteiger partial charge on any atom is -0.395 e. The zero-order valence-electron chi connectivity index (χ0n) is 13.8. The van der Waals surface area contributed by atoms with Crippen LogP contribution < -0.4 is 26.0 Å². The minimum absolute atomic E-state index is 0.0473. The van der Waals surface area contributed by atoms with E-state index < -0.39 is 17.5 Å². The zero-order valence-corrected chi connectivity index (χ0v) is 13.8. The second-order valence-electron chi connectivity index (χ2n) is 6.03. The first-order valence-electron chi connectivity index (χ1n) is 7.68. The average Bonchev–Trinajstić information content (AvgIpc) is 2.78. The maximum atomic E-state index is 13.1. The number of aromatic nitrogens is 2. The van der Waals surface area contributed by atoms with E-state index in [1.165, 1.54) is 18.2 Å². The summed E-state index contributed by atoms with van der Waals surface area (Å²) in [6, 6.07) is 5.02. The number of halogens is 2. The molecule has 2 aromatic rings. The van der Waals surface area contributed by atoms with Crippen LogP contribution in [0.15, 0.2) is 33.9 Å². The van der Waals surface area contributed by atoms with E-state index >= 15 is 0 Å². The summed E-state index contributed by atoms with van der Waals surface area (Å²) in [5, 5.41) is 2.97. The van der Waals surface area contributed by atoms with Crippen molar-refractivity contribution in [1.82, 2.24) is 9.55 Å². The third-order valence-electron chi connectivity index (χ3n) is 3.78. The Morgan fingerprint density at radius 2 is 1.80 bits per heavy atom. The summed E-state index contributed by atoms with van der Waals surface area (Å²) in [5.41, 5.74) is -0.338. The minimum atomic E-state index is -3.68. The van der Waals surface area contributed by atoms with Crippen molar-refractivity contribution in [2.24, 2.45) is 0 Å². The molecule has 1 aromatic heterocycles. The molecule has 2 N–H and O–H groups in total. The van der Waals surface area contributed by atoms with E-state index in [0.717, 1.165) is 4.57 Å². The number of H-pyrrole nitrogens is 1. The molecule has 1 aliphatic heterocycles. The largest absolute Gasteiger partial charge is 0.586 e. The highest BCUT2D eigenvalue weighted by Gasteiger charge is 2.43. The molecular weight excluding hydrogens is 336 g/mol. The highest BCUT2D eigenvalue weighted by molar-refractivity contribution is 5.47. The number of ether oxygens (including phenoxy) is 2. The lowest BCUT2D eigenvalue weighted by Gasteiger charge is -2.16. The van der Waals surface area contributed by atoms with Gasteiger partial charge in [0.1, 0.15) is 5.82 Å². The molecule has 0 saturated heterocycles. The molecule has 3 rings (SSSR count). The van der Waals surface area contributed by atoms with Crippen LogP contribution in [-0.4, -0.2) is 15.8 Å². The van der Waals surface area contributed by atoms with Gasteiger partial charge in [-0.1, -0.05) is 6.07 Å². The SMILES string of the molecule is CC(C)n1c(=O)cc(N[C@@H](C)c2ccc3c(c2)OC(F)(F)O3)[nH]c1=O. The van der Waals surface area contributed by atoms with Crippen LogP contribution >= 0.6 is 0 Å². The van der Waals surface area contributed by atoms with Gasteiger partial charge in [0.05, 0.1) is 6.04 Å². The maximum absolute atomic E-state index is 13.1. The summed E-state index contributed by atoms with van der Waals surface area (Å²) in [4.78, 5) is 26.6. The van der Waals surface area contributed by atoms with Crippen molar-refractivity contribution < 1.29 is 18.3 Å². The van der Waals surface area contributed by atoms with E-state index in [1.807, 2.05) is 0 Å². The number of alkyl halides is 2. The lowest BCUT2D eigenvalue weighted by molar-refractivity contribution is -0.286. The van der Waals surface area contributed by atoms with Gasteiger partial charge in [-0.2, -0.15) is 0 Å². The number of nitrogens with zero attached hydrogens (tertiary/aromatic N) is 1. The summed E-state index contributed by atoms with van der Waals surface area (Å²) >= 11 is 0. The molecule has 1 atom stereocenters. The molecule has 0 unspecified atom stereocenters. The van der Waals surface area contributed by atoms with E-state index in [0.29, 0.717) is 5.56 Å². The van der Waals surface area contributed by atoms with Crippen LogP contribution in [0.4, 0.5) is 14.6 Å². The van der Waals surface area contributed by atoms with Crippen LogP contribution in [0.3, 0.4) is 0 Å². The van der Waals surface area contributed by atoms with E-state index in [2.05, 4.69) is 19.8 Å². The number of hydrogen-bond donors (Lipinski definition) is 2. The highest BCUT2D eigenvalue weighted by Crippen LogP contribution is 2.42. The predicted molar refractivity (Wildman–Crippen MR) is 86.4 cm³/mol. The predicted octanol–water partition coefficient (Wildman–Crippen LogP) is 2.61. The first-order valence-corrected chi connectivity index (χ1v) is 7.68. The Kier molecular flexibility index (Phi) is 4.02. The van der Waals surface area contributed by atoms with E-state index in [1.54, 1.807) is 26.8 Å². The third kappa shape index (κ3) is 3.35. The summed E-state index contributed by atoms with van der Waals surface area (Å²) in [7, 11) is 0. The van der Waals surface area contributed by atoms with Crippen LogP contribution in [0.25, 0.3) is 0 Å². The first-order chi connectivity index (χ1) is 11.7. The Labute approximate surface area is 141 Å². The van der Waals surface area contributed by atoms with Crippen molar-refractivity contribution in [3.05, 3.63) is 50.7 Å². The summed E-state index contributed by atoms with van der Waals surface area (Å²) in [6.07, 6.45) is -3.68. The molecular formula is C16H17F2N3O4. The van der Waals surface area contributed by atoms with Crippen molar-refractivity contribution in [1.29, 1.82) is 0 Å². The second-order valence-corrected chi connectivity index (χ2v) is 6.03. The normalized spacial score (nSPS) is 16.1. The van der Waals surface area contributed by atoms with E-state index in [4.69, 9.17) is 0 Å². The molecule has 0 amide bonds. The van der Waals surface area contributed by atoms with Gasteiger partial charge in [-0.15, -0.1) is 8.78 Å². The van der Waals surface area contributed by atoms with Gasteiger partial charge in [0.15, 0.2) is 11.5 Å². The monoisotopic (exact) mass is 353 g/mol.